The zero-order valence-electron chi connectivity index (χ0n) is 13.1. The highest BCUT2D eigenvalue weighted by molar-refractivity contribution is 7.12. The summed E-state index contributed by atoms with van der Waals surface area (Å²) in [5, 5.41) is 6.06. The molecule has 0 saturated carbocycles. The second-order valence-corrected chi connectivity index (χ2v) is 5.78. The molecule has 1 aromatic heterocycles. The first kappa shape index (κ1) is 19.5. The Morgan fingerprint density at radius 2 is 1.62 bits per heavy atom. The van der Waals surface area contributed by atoms with E-state index in [2.05, 4.69) is 22.5 Å². The summed E-state index contributed by atoms with van der Waals surface area (Å²) in [5.74, 6) is 2.85. The molecule has 1 heterocycles. The van der Waals surface area contributed by atoms with E-state index in [1.807, 2.05) is 0 Å². The van der Waals surface area contributed by atoms with Gasteiger partial charge >= 0.3 is 6.18 Å². The molecule has 26 heavy (non-hydrogen) atoms. The Hall–Kier alpha value is -2.86. The van der Waals surface area contributed by atoms with Crippen LogP contribution in [0.3, 0.4) is 0 Å². The van der Waals surface area contributed by atoms with Crippen molar-refractivity contribution in [3.8, 4) is 11.8 Å². The summed E-state index contributed by atoms with van der Waals surface area (Å²) in [5.41, 5.74) is -1.53. The number of benzene rings is 1. The van der Waals surface area contributed by atoms with Gasteiger partial charge in [-0.3, -0.25) is 9.59 Å². The minimum Gasteiger partial charge on any atom is -0.341 e. The SMILES string of the molecule is O=C(NCC#CCNC(=O)c1sccc1F)c1ccccc1C(F)(F)F. The van der Waals surface area contributed by atoms with Gasteiger partial charge in [0.25, 0.3) is 11.8 Å². The van der Waals surface area contributed by atoms with E-state index in [4.69, 9.17) is 0 Å². The number of rotatable bonds is 4. The Labute approximate surface area is 150 Å². The number of carbonyl (C=O) groups excluding carboxylic acids is 2. The topological polar surface area (TPSA) is 58.2 Å². The molecule has 2 amide bonds. The van der Waals surface area contributed by atoms with Crippen molar-refractivity contribution in [2.75, 3.05) is 13.1 Å². The van der Waals surface area contributed by atoms with E-state index < -0.39 is 34.9 Å². The molecular weight excluding hydrogens is 372 g/mol. The fourth-order valence-corrected chi connectivity index (χ4v) is 2.62. The predicted molar refractivity (Wildman–Crippen MR) is 88.2 cm³/mol. The summed E-state index contributed by atoms with van der Waals surface area (Å²) in [6.07, 6.45) is -4.64. The van der Waals surface area contributed by atoms with Crippen LogP contribution < -0.4 is 10.6 Å². The summed E-state index contributed by atoms with van der Waals surface area (Å²) in [6, 6.07) is 5.58. The molecule has 0 saturated heterocycles. The number of hydrogen-bond acceptors (Lipinski definition) is 3. The predicted octanol–water partition coefficient (Wildman–Crippen LogP) is 3.07. The Bertz CT molecular complexity index is 865. The number of thiophene rings is 1. The van der Waals surface area contributed by atoms with E-state index >= 15 is 0 Å². The molecule has 0 unspecified atom stereocenters. The molecule has 0 aliphatic heterocycles. The fraction of sp³-hybridized carbons (Fsp3) is 0.176. The molecule has 136 valence electrons. The maximum atomic E-state index is 13.2. The average molecular weight is 384 g/mol. The maximum Gasteiger partial charge on any atom is 0.417 e. The Balaban J connectivity index is 1.84. The number of amides is 2. The van der Waals surface area contributed by atoms with Crippen LogP contribution in [-0.4, -0.2) is 24.9 Å². The molecule has 0 aliphatic carbocycles. The Morgan fingerprint density at radius 1 is 1.00 bits per heavy atom. The Kier molecular flexibility index (Phi) is 6.36. The van der Waals surface area contributed by atoms with Crippen LogP contribution in [0.2, 0.25) is 0 Å². The molecule has 0 atom stereocenters. The molecule has 1 aromatic carbocycles. The number of halogens is 4. The first-order valence-electron chi connectivity index (χ1n) is 7.22. The van der Waals surface area contributed by atoms with E-state index in [0.29, 0.717) is 0 Å². The minimum atomic E-state index is -4.64. The van der Waals surface area contributed by atoms with Gasteiger partial charge in [0.15, 0.2) is 0 Å². The van der Waals surface area contributed by atoms with Crippen molar-refractivity contribution >= 4 is 23.2 Å². The molecule has 2 N–H and O–H groups in total. The third-order valence-electron chi connectivity index (χ3n) is 3.10. The van der Waals surface area contributed by atoms with Crippen molar-refractivity contribution in [1.29, 1.82) is 0 Å². The van der Waals surface area contributed by atoms with E-state index in [1.165, 1.54) is 23.6 Å². The van der Waals surface area contributed by atoms with Gasteiger partial charge in [0.05, 0.1) is 24.2 Å². The smallest absolute Gasteiger partial charge is 0.341 e. The average Bonchev–Trinajstić information content (AvgIpc) is 3.03. The van der Waals surface area contributed by atoms with Gasteiger partial charge in [-0.15, -0.1) is 11.3 Å². The number of nitrogens with one attached hydrogen (secondary N) is 2. The van der Waals surface area contributed by atoms with E-state index in [1.54, 1.807) is 0 Å². The van der Waals surface area contributed by atoms with Gasteiger partial charge in [0.1, 0.15) is 10.7 Å². The first-order chi connectivity index (χ1) is 12.3. The summed E-state index contributed by atoms with van der Waals surface area (Å²) in [4.78, 5) is 23.4. The van der Waals surface area contributed by atoms with Gasteiger partial charge < -0.3 is 10.6 Å². The summed E-state index contributed by atoms with van der Waals surface area (Å²) in [6.45, 7) is -0.292. The molecule has 4 nitrogen and oxygen atoms in total. The lowest BCUT2D eigenvalue weighted by atomic mass is 10.1. The van der Waals surface area contributed by atoms with Crippen LogP contribution in [0.15, 0.2) is 35.7 Å². The number of carbonyl (C=O) groups is 2. The molecular formula is C17H12F4N2O2S. The highest BCUT2D eigenvalue weighted by Crippen LogP contribution is 2.31. The van der Waals surface area contributed by atoms with Crippen molar-refractivity contribution < 1.29 is 27.2 Å². The zero-order valence-corrected chi connectivity index (χ0v) is 13.9. The van der Waals surface area contributed by atoms with E-state index in [0.717, 1.165) is 23.5 Å². The summed E-state index contributed by atoms with van der Waals surface area (Å²) in [7, 11) is 0. The second kappa shape index (κ2) is 8.49. The van der Waals surface area contributed by atoms with Crippen molar-refractivity contribution in [2.45, 2.75) is 6.18 Å². The molecule has 0 bridgehead atoms. The van der Waals surface area contributed by atoms with Crippen LogP contribution >= 0.6 is 11.3 Å². The standard InChI is InChI=1S/C17H12F4N2O2S/c18-13-7-10-26-14(13)16(25)23-9-4-3-8-22-15(24)11-5-1-2-6-12(11)17(19,20)21/h1-2,5-7,10H,8-9H2,(H,22,24)(H,23,25). The van der Waals surface area contributed by atoms with Gasteiger partial charge in [0, 0.05) is 0 Å². The van der Waals surface area contributed by atoms with Crippen molar-refractivity contribution in [3.63, 3.8) is 0 Å². The molecule has 0 fully saturated rings. The normalized spacial score (nSPS) is 10.6. The third kappa shape index (κ3) is 5.07. The lowest BCUT2D eigenvalue weighted by Gasteiger charge is -2.11. The number of hydrogen-bond donors (Lipinski definition) is 2. The maximum absolute atomic E-state index is 13.2. The van der Waals surface area contributed by atoms with Gasteiger partial charge in [-0.25, -0.2) is 4.39 Å². The summed E-state index contributed by atoms with van der Waals surface area (Å²) >= 11 is 0.947. The van der Waals surface area contributed by atoms with Gasteiger partial charge in [-0.2, -0.15) is 13.2 Å². The lowest BCUT2D eigenvalue weighted by molar-refractivity contribution is -0.137. The highest BCUT2D eigenvalue weighted by atomic mass is 32.1. The summed E-state index contributed by atoms with van der Waals surface area (Å²) < 4.78 is 51.7. The monoisotopic (exact) mass is 384 g/mol. The number of alkyl halides is 3. The molecule has 9 heteroatoms. The minimum absolute atomic E-state index is 0.0659. The first-order valence-corrected chi connectivity index (χ1v) is 8.10. The fourth-order valence-electron chi connectivity index (χ4n) is 1.93. The zero-order chi connectivity index (χ0) is 19.2. The van der Waals surface area contributed by atoms with Crippen LogP contribution in [0, 0.1) is 17.7 Å². The van der Waals surface area contributed by atoms with E-state index in [9.17, 15) is 27.2 Å². The largest absolute Gasteiger partial charge is 0.417 e. The quantitative estimate of drug-likeness (QED) is 0.629. The van der Waals surface area contributed by atoms with Crippen molar-refractivity contribution in [2.24, 2.45) is 0 Å². The lowest BCUT2D eigenvalue weighted by Crippen LogP contribution is -2.27. The molecule has 0 spiro atoms. The van der Waals surface area contributed by atoms with Crippen molar-refractivity contribution in [3.05, 3.63) is 57.5 Å². The van der Waals surface area contributed by atoms with Crippen LogP contribution in [0.25, 0.3) is 0 Å². The Morgan fingerprint density at radius 3 is 2.19 bits per heavy atom. The molecule has 2 aromatic rings. The van der Waals surface area contributed by atoms with Crippen LogP contribution in [0.5, 0.6) is 0 Å². The van der Waals surface area contributed by atoms with Crippen LogP contribution in [-0.2, 0) is 6.18 Å². The third-order valence-corrected chi connectivity index (χ3v) is 3.99. The second-order valence-electron chi connectivity index (χ2n) is 4.86. The molecule has 0 radical (unpaired) electrons. The van der Waals surface area contributed by atoms with Gasteiger partial charge in [-0.1, -0.05) is 24.0 Å². The highest BCUT2D eigenvalue weighted by Gasteiger charge is 2.34. The van der Waals surface area contributed by atoms with Crippen LogP contribution in [0.1, 0.15) is 25.6 Å². The molecule has 0 aliphatic rings. The van der Waals surface area contributed by atoms with Crippen molar-refractivity contribution in [1.82, 2.24) is 10.6 Å². The van der Waals surface area contributed by atoms with Gasteiger partial charge in [0.2, 0.25) is 0 Å². The van der Waals surface area contributed by atoms with Gasteiger partial charge in [-0.05, 0) is 23.6 Å². The molecule has 2 rings (SSSR count). The van der Waals surface area contributed by atoms with E-state index in [-0.39, 0.29) is 18.0 Å². The van der Waals surface area contributed by atoms with Crippen LogP contribution in [0.4, 0.5) is 17.6 Å².